The molecule has 0 amide bonds. The van der Waals surface area contributed by atoms with Gasteiger partial charge in [0.05, 0.1) is 0 Å². The summed E-state index contributed by atoms with van der Waals surface area (Å²) >= 11 is 0. The molecule has 0 aromatic carbocycles. The zero-order valence-electron chi connectivity index (χ0n) is 52.4. The van der Waals surface area contributed by atoms with Crippen molar-refractivity contribution in [3.05, 3.63) is 85.1 Å². The summed E-state index contributed by atoms with van der Waals surface area (Å²) in [6.07, 6.45) is 88.9. The molecule has 0 N–H and O–H groups in total. The monoisotopic (exact) mass is 1100 g/mol. The van der Waals surface area contributed by atoms with Gasteiger partial charge in [-0.1, -0.05) is 337 Å². The molecule has 0 aliphatic heterocycles. The van der Waals surface area contributed by atoms with Crippen molar-refractivity contribution in [3.63, 3.8) is 0 Å². The van der Waals surface area contributed by atoms with E-state index in [0.717, 1.165) is 89.9 Å². The maximum absolute atomic E-state index is 12.9. The first-order chi connectivity index (χ1) is 39.0. The van der Waals surface area contributed by atoms with Crippen molar-refractivity contribution in [2.45, 2.75) is 348 Å². The van der Waals surface area contributed by atoms with E-state index in [2.05, 4.69) is 106 Å². The third kappa shape index (κ3) is 65.3. The van der Waals surface area contributed by atoms with Crippen molar-refractivity contribution in [1.29, 1.82) is 0 Å². The summed E-state index contributed by atoms with van der Waals surface area (Å²) < 4.78 is 16.9. The highest BCUT2D eigenvalue weighted by atomic mass is 16.6. The molecule has 0 aromatic rings. The van der Waals surface area contributed by atoms with Crippen LogP contribution in [0.25, 0.3) is 0 Å². The van der Waals surface area contributed by atoms with Crippen LogP contribution in [-0.2, 0) is 28.6 Å². The fourth-order valence-corrected chi connectivity index (χ4v) is 9.85. The number of rotatable bonds is 62. The van der Waals surface area contributed by atoms with Gasteiger partial charge in [0.15, 0.2) is 6.10 Å². The molecule has 0 aliphatic rings. The fourth-order valence-electron chi connectivity index (χ4n) is 9.85. The lowest BCUT2D eigenvalue weighted by Crippen LogP contribution is -2.30. The van der Waals surface area contributed by atoms with E-state index >= 15 is 0 Å². The Hall–Kier alpha value is -3.41. The van der Waals surface area contributed by atoms with Gasteiger partial charge < -0.3 is 14.2 Å². The third-order valence-electron chi connectivity index (χ3n) is 14.9. The molecular formula is C73H128O6. The molecule has 0 bridgehead atoms. The number of ether oxygens (including phenoxy) is 3. The third-order valence-corrected chi connectivity index (χ3v) is 14.9. The van der Waals surface area contributed by atoms with Crippen molar-refractivity contribution < 1.29 is 28.6 Å². The summed E-state index contributed by atoms with van der Waals surface area (Å²) in [7, 11) is 0. The standard InChI is InChI=1S/C73H128O6/c1-4-7-10-13-16-19-22-25-28-31-34-36-37-38-40-42-45-48-51-54-57-60-63-66-72(75)78-69-70(68-77-71(74)65-62-59-56-53-50-47-44-41-33-30-27-24-21-18-15-12-9-6-3)79-73(76)67-64-61-58-55-52-49-46-43-39-35-32-29-26-23-20-17-14-11-8-5-2/h7,10,16,19,25,28,34,36,38,40,45,48,54,57,70H,4-6,8-9,11-15,17-18,20-24,26-27,29-33,35,37,39,41-44,46-47,49-53,55-56,58-69H2,1-3H3/b10-7-,19-16-,28-25-,36-34-,40-38-,48-45-,57-54-. The number of hydrogen-bond donors (Lipinski definition) is 0. The Labute approximate surface area is 490 Å². The van der Waals surface area contributed by atoms with Gasteiger partial charge in [0.25, 0.3) is 0 Å². The van der Waals surface area contributed by atoms with Gasteiger partial charge in [0.1, 0.15) is 13.2 Å². The fraction of sp³-hybridized carbons (Fsp3) is 0.767. The molecule has 6 heteroatoms. The average Bonchev–Trinajstić information content (AvgIpc) is 3.45. The summed E-state index contributed by atoms with van der Waals surface area (Å²) in [6, 6.07) is 0. The quantitative estimate of drug-likeness (QED) is 0.0261. The topological polar surface area (TPSA) is 78.9 Å². The Balaban J connectivity index is 4.44. The van der Waals surface area contributed by atoms with Crippen molar-refractivity contribution >= 4 is 17.9 Å². The highest BCUT2D eigenvalue weighted by Crippen LogP contribution is 2.18. The van der Waals surface area contributed by atoms with Crippen LogP contribution in [0.15, 0.2) is 85.1 Å². The van der Waals surface area contributed by atoms with Crippen LogP contribution in [0.4, 0.5) is 0 Å². The first-order valence-corrected chi connectivity index (χ1v) is 34.1. The van der Waals surface area contributed by atoms with E-state index in [1.165, 1.54) is 205 Å². The summed E-state index contributed by atoms with van der Waals surface area (Å²) in [5.74, 6) is -0.931. The lowest BCUT2D eigenvalue weighted by molar-refractivity contribution is -0.167. The number of hydrogen-bond acceptors (Lipinski definition) is 6. The van der Waals surface area contributed by atoms with E-state index < -0.39 is 6.10 Å². The van der Waals surface area contributed by atoms with Crippen molar-refractivity contribution in [2.75, 3.05) is 13.2 Å². The minimum atomic E-state index is -0.799. The van der Waals surface area contributed by atoms with Crippen LogP contribution in [0.5, 0.6) is 0 Å². The van der Waals surface area contributed by atoms with Gasteiger partial charge in [-0.2, -0.15) is 0 Å². The molecule has 0 saturated carbocycles. The second kappa shape index (κ2) is 67.1. The van der Waals surface area contributed by atoms with Gasteiger partial charge in [-0.25, -0.2) is 0 Å². The van der Waals surface area contributed by atoms with E-state index in [9.17, 15) is 14.4 Å². The number of esters is 3. The Morgan fingerprint density at radius 1 is 0.266 bits per heavy atom. The van der Waals surface area contributed by atoms with Crippen LogP contribution in [0, 0.1) is 0 Å². The Morgan fingerprint density at radius 3 is 0.772 bits per heavy atom. The van der Waals surface area contributed by atoms with Crippen LogP contribution >= 0.6 is 0 Å². The smallest absolute Gasteiger partial charge is 0.306 e. The molecule has 0 aromatic heterocycles. The molecule has 0 saturated heterocycles. The molecule has 0 rings (SSSR count). The molecule has 6 nitrogen and oxygen atoms in total. The number of carbonyl (C=O) groups is 3. The molecule has 0 aliphatic carbocycles. The molecular weight excluding hydrogens is 973 g/mol. The molecule has 456 valence electrons. The van der Waals surface area contributed by atoms with Gasteiger partial charge in [-0.05, 0) is 70.6 Å². The predicted octanol–water partition coefficient (Wildman–Crippen LogP) is 23.4. The second-order valence-corrected chi connectivity index (χ2v) is 22.7. The summed E-state index contributed by atoms with van der Waals surface area (Å²) in [4.78, 5) is 38.4. The molecule has 79 heavy (non-hydrogen) atoms. The molecule has 0 heterocycles. The molecule has 0 fully saturated rings. The van der Waals surface area contributed by atoms with Gasteiger partial charge in [-0.15, -0.1) is 0 Å². The number of unbranched alkanes of at least 4 members (excludes halogenated alkanes) is 37. The predicted molar refractivity (Wildman–Crippen MR) is 344 cm³/mol. The van der Waals surface area contributed by atoms with E-state index in [4.69, 9.17) is 14.2 Å². The van der Waals surface area contributed by atoms with Crippen molar-refractivity contribution in [3.8, 4) is 0 Å². The van der Waals surface area contributed by atoms with Crippen LogP contribution in [0.3, 0.4) is 0 Å². The van der Waals surface area contributed by atoms with E-state index in [0.29, 0.717) is 19.3 Å². The minimum absolute atomic E-state index is 0.0898. The van der Waals surface area contributed by atoms with E-state index in [1.54, 1.807) is 0 Å². The lowest BCUT2D eigenvalue weighted by atomic mass is 10.0. The van der Waals surface area contributed by atoms with Gasteiger partial charge >= 0.3 is 17.9 Å². The Morgan fingerprint density at radius 2 is 0.494 bits per heavy atom. The van der Waals surface area contributed by atoms with Crippen molar-refractivity contribution in [2.24, 2.45) is 0 Å². The zero-order valence-corrected chi connectivity index (χ0v) is 52.4. The SMILES string of the molecule is CC/C=C\C/C=C\C/C=C\C/C=C\C/C=C\C/C=C\C/C=C\CCCC(=O)OCC(COC(=O)CCCCCCCCCCCCCCCCCCCC)OC(=O)CCCCCCCCCCCCCCCCCCCCCC. The van der Waals surface area contributed by atoms with Crippen LogP contribution in [0.1, 0.15) is 342 Å². The summed E-state index contributed by atoms with van der Waals surface area (Å²) in [5, 5.41) is 0. The lowest BCUT2D eigenvalue weighted by Gasteiger charge is -2.18. The van der Waals surface area contributed by atoms with Gasteiger partial charge in [0.2, 0.25) is 0 Å². The maximum Gasteiger partial charge on any atom is 0.306 e. The summed E-state index contributed by atoms with van der Waals surface area (Å²) in [6.45, 7) is 6.54. The highest BCUT2D eigenvalue weighted by molar-refractivity contribution is 5.71. The first kappa shape index (κ1) is 75.6. The molecule has 0 spiro atoms. The van der Waals surface area contributed by atoms with Gasteiger partial charge in [-0.3, -0.25) is 14.4 Å². The van der Waals surface area contributed by atoms with Crippen LogP contribution in [0.2, 0.25) is 0 Å². The zero-order chi connectivity index (χ0) is 57.1. The molecule has 1 atom stereocenters. The minimum Gasteiger partial charge on any atom is -0.462 e. The first-order valence-electron chi connectivity index (χ1n) is 34.1. The average molecular weight is 1100 g/mol. The van der Waals surface area contributed by atoms with E-state index in [-0.39, 0.29) is 37.5 Å². The highest BCUT2D eigenvalue weighted by Gasteiger charge is 2.19. The largest absolute Gasteiger partial charge is 0.462 e. The van der Waals surface area contributed by atoms with Gasteiger partial charge in [0, 0.05) is 19.3 Å². The second-order valence-electron chi connectivity index (χ2n) is 22.7. The van der Waals surface area contributed by atoms with E-state index in [1.807, 2.05) is 0 Å². The summed E-state index contributed by atoms with van der Waals surface area (Å²) in [5.41, 5.74) is 0. The molecule has 0 radical (unpaired) electrons. The van der Waals surface area contributed by atoms with Crippen LogP contribution < -0.4 is 0 Å². The number of allylic oxidation sites excluding steroid dienone is 14. The Bertz CT molecular complexity index is 1500. The Kier molecular flexibility index (Phi) is 64.2. The normalized spacial score (nSPS) is 12.6. The number of carbonyl (C=O) groups excluding carboxylic acids is 3. The molecule has 1 unspecified atom stereocenters. The maximum atomic E-state index is 12.9. The van der Waals surface area contributed by atoms with Crippen LogP contribution in [-0.4, -0.2) is 37.2 Å². The van der Waals surface area contributed by atoms with Crippen molar-refractivity contribution in [1.82, 2.24) is 0 Å².